The molecule has 2 bridgehead atoms. The van der Waals surface area contributed by atoms with Crippen LogP contribution < -0.4 is 0 Å². The fourth-order valence-electron chi connectivity index (χ4n) is 3.93. The van der Waals surface area contributed by atoms with Crippen molar-refractivity contribution < 1.29 is 14.4 Å². The van der Waals surface area contributed by atoms with Gasteiger partial charge in [0.15, 0.2) is 0 Å². The van der Waals surface area contributed by atoms with Crippen LogP contribution in [-0.4, -0.2) is 30.0 Å². The van der Waals surface area contributed by atoms with Crippen LogP contribution in [-0.2, 0) is 9.31 Å². The molecule has 0 aromatic heterocycles. The molecule has 1 aliphatic heterocycles. The Kier molecular flexibility index (Phi) is 2.98. The summed E-state index contributed by atoms with van der Waals surface area (Å²) in [6.07, 6.45) is 4.49. The number of aliphatic hydroxyl groups excluding tert-OH is 1. The molecule has 0 aromatic rings. The van der Waals surface area contributed by atoms with Gasteiger partial charge in [-0.3, -0.25) is 0 Å². The summed E-state index contributed by atoms with van der Waals surface area (Å²) in [5, 5.41) is 9.31. The molecule has 3 nitrogen and oxygen atoms in total. The summed E-state index contributed by atoms with van der Waals surface area (Å²) >= 11 is 0. The Balaban J connectivity index is 0.00000120. The molecule has 4 rings (SSSR count). The molecule has 0 aromatic carbocycles. The second kappa shape index (κ2) is 3.74. The van der Waals surface area contributed by atoms with Crippen LogP contribution >= 0.6 is 0 Å². The molecule has 1 heterocycles. The van der Waals surface area contributed by atoms with Crippen molar-refractivity contribution in [3.8, 4) is 0 Å². The van der Waals surface area contributed by atoms with E-state index >= 15 is 0 Å². The van der Waals surface area contributed by atoms with E-state index in [4.69, 9.17) is 14.4 Å². The van der Waals surface area contributed by atoms with Gasteiger partial charge in [-0.15, -0.1) is 0 Å². The maximum absolute atomic E-state index is 9.04. The molecule has 1 N–H and O–H groups in total. The average Bonchev–Trinajstić information content (AvgIpc) is 2.26. The lowest BCUT2D eigenvalue weighted by Crippen LogP contribution is -2.64. The first-order chi connectivity index (χ1) is 7.74. The van der Waals surface area contributed by atoms with E-state index in [-0.39, 0.29) is 31.1 Å². The highest BCUT2D eigenvalue weighted by molar-refractivity contribution is 6.51. The molecule has 0 atom stereocenters. The Bertz CT molecular complexity index is 315. The summed E-state index contributed by atoms with van der Waals surface area (Å²) in [5.74, 6) is 0. The summed E-state index contributed by atoms with van der Waals surface area (Å²) in [4.78, 5) is 0. The normalized spacial score (nSPS) is 42.8. The molecule has 1 saturated heterocycles. The monoisotopic (exact) mass is 254 g/mol. The highest BCUT2D eigenvalue weighted by Crippen LogP contribution is 2.81. The highest BCUT2D eigenvalue weighted by Gasteiger charge is 2.75. The summed E-state index contributed by atoms with van der Waals surface area (Å²) in [6.45, 7) is 8.77. The number of aliphatic hydroxyl groups is 1. The lowest BCUT2D eigenvalue weighted by Gasteiger charge is -2.71. The van der Waals surface area contributed by atoms with Crippen molar-refractivity contribution >= 4 is 7.12 Å². The van der Waals surface area contributed by atoms with E-state index in [1.165, 1.54) is 19.3 Å². The van der Waals surface area contributed by atoms with Gasteiger partial charge in [0.25, 0.3) is 0 Å². The van der Waals surface area contributed by atoms with Crippen molar-refractivity contribution in [2.75, 3.05) is 6.61 Å². The molecule has 0 radical (unpaired) electrons. The maximum Gasteiger partial charge on any atom is 0.464 e. The Hall–Kier alpha value is -0.0551. The Morgan fingerprint density at radius 2 is 1.44 bits per heavy atom. The Morgan fingerprint density at radius 3 is 1.83 bits per heavy atom. The standard InChI is InChI=1S/C13H23BO3.CH4/c1-10(2)11(3,4)17-14(16-10)13-7-12(8-13,9-13)5-6-15;/h15H,5-9H2,1-4H3;1H4. The molecule has 104 valence electrons. The Labute approximate surface area is 111 Å². The molecule has 3 saturated carbocycles. The van der Waals surface area contributed by atoms with Crippen LogP contribution in [0.5, 0.6) is 0 Å². The summed E-state index contributed by atoms with van der Waals surface area (Å²) < 4.78 is 12.3. The van der Waals surface area contributed by atoms with Gasteiger partial charge in [0.05, 0.1) is 11.2 Å². The molecule has 3 aliphatic carbocycles. The molecule has 0 spiro atoms. The topological polar surface area (TPSA) is 38.7 Å². The van der Waals surface area contributed by atoms with E-state index in [2.05, 4.69) is 27.7 Å². The van der Waals surface area contributed by atoms with Crippen molar-refractivity contribution in [1.82, 2.24) is 0 Å². The zero-order valence-electron chi connectivity index (χ0n) is 11.4. The smallest absolute Gasteiger partial charge is 0.403 e. The first-order valence-corrected chi connectivity index (χ1v) is 6.71. The van der Waals surface area contributed by atoms with Crippen molar-refractivity contribution in [2.45, 2.75) is 77.3 Å². The minimum absolute atomic E-state index is 0. The van der Waals surface area contributed by atoms with Gasteiger partial charge in [-0.1, -0.05) is 7.43 Å². The van der Waals surface area contributed by atoms with Crippen LogP contribution in [0.3, 0.4) is 0 Å². The van der Waals surface area contributed by atoms with Crippen molar-refractivity contribution in [2.24, 2.45) is 5.41 Å². The van der Waals surface area contributed by atoms with Gasteiger partial charge >= 0.3 is 7.12 Å². The van der Waals surface area contributed by atoms with E-state index in [1.807, 2.05) is 0 Å². The van der Waals surface area contributed by atoms with Crippen LogP contribution in [0.15, 0.2) is 0 Å². The molecule has 18 heavy (non-hydrogen) atoms. The minimum atomic E-state index is -0.211. The van der Waals surface area contributed by atoms with Crippen molar-refractivity contribution in [3.05, 3.63) is 0 Å². The fourth-order valence-corrected chi connectivity index (χ4v) is 3.93. The van der Waals surface area contributed by atoms with Crippen LogP contribution in [0.25, 0.3) is 0 Å². The largest absolute Gasteiger partial charge is 0.464 e. The molecular weight excluding hydrogens is 227 g/mol. The van der Waals surface area contributed by atoms with Gasteiger partial charge in [0.2, 0.25) is 0 Å². The van der Waals surface area contributed by atoms with Crippen LogP contribution in [0.2, 0.25) is 5.31 Å². The first kappa shape index (κ1) is 14.4. The zero-order valence-corrected chi connectivity index (χ0v) is 11.4. The van der Waals surface area contributed by atoms with Gasteiger partial charge in [-0.2, -0.15) is 0 Å². The lowest BCUT2D eigenvalue weighted by molar-refractivity contribution is -0.122. The van der Waals surface area contributed by atoms with Crippen molar-refractivity contribution in [1.29, 1.82) is 0 Å². The molecule has 0 amide bonds. The summed E-state index contributed by atoms with van der Waals surface area (Å²) in [6, 6.07) is 0. The second-order valence-electron chi connectivity index (χ2n) is 7.45. The second-order valence-corrected chi connectivity index (χ2v) is 7.45. The Morgan fingerprint density at radius 1 is 1.00 bits per heavy atom. The lowest BCUT2D eigenvalue weighted by atomic mass is 9.23. The molecular formula is C14H27BO3. The fraction of sp³-hybridized carbons (Fsp3) is 1.00. The van der Waals surface area contributed by atoms with Gasteiger partial charge in [-0.25, -0.2) is 0 Å². The quantitative estimate of drug-likeness (QED) is 0.787. The van der Waals surface area contributed by atoms with Gasteiger partial charge in [-0.05, 0) is 58.8 Å². The van der Waals surface area contributed by atoms with E-state index in [1.54, 1.807) is 0 Å². The average molecular weight is 254 g/mol. The molecule has 4 aliphatic rings. The van der Waals surface area contributed by atoms with Gasteiger partial charge in [0.1, 0.15) is 0 Å². The van der Waals surface area contributed by atoms with Gasteiger partial charge < -0.3 is 14.4 Å². The number of hydrogen-bond donors (Lipinski definition) is 1. The first-order valence-electron chi connectivity index (χ1n) is 6.71. The third-order valence-corrected chi connectivity index (χ3v) is 5.58. The SMILES string of the molecule is C.CC1(C)OB(C23CC(CCO)(C2)C3)OC1(C)C. The highest BCUT2D eigenvalue weighted by atomic mass is 16.7. The summed E-state index contributed by atoms with van der Waals surface area (Å²) in [5.41, 5.74) is 0.00676. The molecule has 4 fully saturated rings. The predicted octanol–water partition coefficient (Wildman–Crippen LogP) is 3.02. The molecule has 4 heteroatoms. The van der Waals surface area contributed by atoms with Crippen molar-refractivity contribution in [3.63, 3.8) is 0 Å². The minimum Gasteiger partial charge on any atom is -0.403 e. The van der Waals surface area contributed by atoms with Crippen LogP contribution in [0.1, 0.15) is 60.8 Å². The third-order valence-electron chi connectivity index (χ3n) is 5.58. The molecule has 0 unspecified atom stereocenters. The maximum atomic E-state index is 9.04. The van der Waals surface area contributed by atoms with Crippen LogP contribution in [0, 0.1) is 5.41 Å². The summed E-state index contributed by atoms with van der Waals surface area (Å²) in [7, 11) is -0.0342. The van der Waals surface area contributed by atoms with E-state index < -0.39 is 0 Å². The number of rotatable bonds is 3. The van der Waals surface area contributed by atoms with Gasteiger partial charge in [0, 0.05) is 11.9 Å². The van der Waals surface area contributed by atoms with E-state index in [0.717, 1.165) is 6.42 Å². The predicted molar refractivity (Wildman–Crippen MR) is 73.5 cm³/mol. The zero-order chi connectivity index (χ0) is 12.5. The van der Waals surface area contributed by atoms with E-state index in [0.29, 0.717) is 12.0 Å². The van der Waals surface area contributed by atoms with Crippen LogP contribution in [0.4, 0.5) is 0 Å². The third kappa shape index (κ3) is 1.62. The number of hydrogen-bond acceptors (Lipinski definition) is 3. The van der Waals surface area contributed by atoms with E-state index in [9.17, 15) is 0 Å².